The van der Waals surface area contributed by atoms with Crippen LogP contribution in [0.5, 0.6) is 0 Å². The summed E-state index contributed by atoms with van der Waals surface area (Å²) in [6, 6.07) is 11.0. The van der Waals surface area contributed by atoms with Crippen molar-refractivity contribution in [3.63, 3.8) is 0 Å². The van der Waals surface area contributed by atoms with Gasteiger partial charge in [-0.15, -0.1) is 0 Å². The molecular formula is C17H12NO5-. The van der Waals surface area contributed by atoms with E-state index in [9.17, 15) is 14.7 Å². The van der Waals surface area contributed by atoms with Gasteiger partial charge in [0.1, 0.15) is 23.2 Å². The quantitative estimate of drug-likeness (QED) is 0.473. The van der Waals surface area contributed by atoms with E-state index in [2.05, 4.69) is 0 Å². The zero-order valence-electron chi connectivity index (χ0n) is 12.2. The Hall–Kier alpha value is -3.33. The number of hydrogen-bond acceptors (Lipinski definition) is 6. The lowest BCUT2D eigenvalue weighted by atomic mass is 10.1. The molecule has 6 nitrogen and oxygen atoms in total. The summed E-state index contributed by atoms with van der Waals surface area (Å²) in [6.07, 6.45) is 1.29. The smallest absolute Gasteiger partial charge is 0.349 e. The summed E-state index contributed by atoms with van der Waals surface area (Å²) in [5, 5.41) is 19.7. The zero-order valence-corrected chi connectivity index (χ0v) is 12.2. The van der Waals surface area contributed by atoms with Gasteiger partial charge in [-0.25, -0.2) is 4.79 Å². The Kier molecular flexibility index (Phi) is 4.95. The number of nitriles is 1. The second kappa shape index (κ2) is 7.09. The topological polar surface area (TPSA) is 103 Å². The van der Waals surface area contributed by atoms with E-state index in [0.29, 0.717) is 17.1 Å². The highest BCUT2D eigenvalue weighted by Gasteiger charge is 2.11. The van der Waals surface area contributed by atoms with E-state index in [1.54, 1.807) is 37.3 Å². The average molecular weight is 310 g/mol. The predicted molar refractivity (Wildman–Crippen MR) is 78.7 cm³/mol. The van der Waals surface area contributed by atoms with Crippen molar-refractivity contribution in [1.82, 2.24) is 0 Å². The molecule has 0 aliphatic rings. The molecule has 116 valence electrons. The lowest BCUT2D eigenvalue weighted by Crippen LogP contribution is -2.21. The summed E-state index contributed by atoms with van der Waals surface area (Å²) in [5.41, 5.74) is 0.554. The van der Waals surface area contributed by atoms with Gasteiger partial charge in [0.2, 0.25) is 0 Å². The maximum atomic E-state index is 11.5. The van der Waals surface area contributed by atoms with Gasteiger partial charge in [0.05, 0.1) is 12.6 Å². The first-order valence-electron chi connectivity index (χ1n) is 6.75. The van der Waals surface area contributed by atoms with E-state index in [0.717, 1.165) is 0 Å². The Bertz CT molecular complexity index is 793. The van der Waals surface area contributed by atoms with Crippen molar-refractivity contribution in [3.8, 4) is 17.4 Å². The molecule has 1 aromatic heterocycles. The first-order valence-corrected chi connectivity index (χ1v) is 6.75. The Morgan fingerprint density at radius 1 is 1.26 bits per heavy atom. The van der Waals surface area contributed by atoms with Crippen molar-refractivity contribution in [2.24, 2.45) is 0 Å². The van der Waals surface area contributed by atoms with Crippen molar-refractivity contribution in [1.29, 1.82) is 5.26 Å². The van der Waals surface area contributed by atoms with Crippen molar-refractivity contribution in [3.05, 3.63) is 53.3 Å². The highest BCUT2D eigenvalue weighted by molar-refractivity contribution is 5.97. The van der Waals surface area contributed by atoms with Gasteiger partial charge in [-0.05, 0) is 24.6 Å². The van der Waals surface area contributed by atoms with Crippen LogP contribution in [0, 0.1) is 11.3 Å². The molecular weight excluding hydrogens is 298 g/mol. The molecule has 0 aliphatic heterocycles. The maximum absolute atomic E-state index is 11.5. The van der Waals surface area contributed by atoms with Crippen LogP contribution in [0.15, 0.2) is 46.4 Å². The molecule has 0 unspecified atom stereocenters. The fourth-order valence-electron chi connectivity index (χ4n) is 1.84. The molecule has 0 saturated carbocycles. The molecule has 2 aromatic rings. The number of benzene rings is 1. The highest BCUT2D eigenvalue weighted by atomic mass is 16.5. The molecule has 1 heterocycles. The third-order valence-corrected chi connectivity index (χ3v) is 2.93. The summed E-state index contributed by atoms with van der Waals surface area (Å²) in [7, 11) is 0. The van der Waals surface area contributed by atoms with Crippen LogP contribution >= 0.6 is 0 Å². The summed E-state index contributed by atoms with van der Waals surface area (Å²) < 4.78 is 10.3. The predicted octanol–water partition coefficient (Wildman–Crippen LogP) is 1.78. The molecule has 0 fully saturated rings. The van der Waals surface area contributed by atoms with Crippen LogP contribution in [-0.4, -0.2) is 18.5 Å². The van der Waals surface area contributed by atoms with Crippen LogP contribution in [-0.2, 0) is 9.53 Å². The largest absolute Gasteiger partial charge is 0.545 e. The molecule has 23 heavy (non-hydrogen) atoms. The van der Waals surface area contributed by atoms with E-state index in [4.69, 9.17) is 14.4 Å². The van der Waals surface area contributed by atoms with Gasteiger partial charge in [-0.3, -0.25) is 0 Å². The van der Waals surface area contributed by atoms with Crippen LogP contribution in [0.4, 0.5) is 0 Å². The van der Waals surface area contributed by atoms with Gasteiger partial charge in [-0.1, -0.05) is 24.3 Å². The normalized spacial score (nSPS) is 10.9. The number of rotatable bonds is 5. The molecule has 2 rings (SSSR count). The van der Waals surface area contributed by atoms with E-state index in [1.807, 2.05) is 0 Å². The fraction of sp³-hybridized carbons (Fsp3) is 0.118. The van der Waals surface area contributed by atoms with Gasteiger partial charge < -0.3 is 19.1 Å². The van der Waals surface area contributed by atoms with Gasteiger partial charge in [-0.2, -0.15) is 5.26 Å². The van der Waals surface area contributed by atoms with Gasteiger partial charge in [0, 0.05) is 11.6 Å². The first kappa shape index (κ1) is 16.0. The second-order valence-corrected chi connectivity index (χ2v) is 4.46. The number of hydrogen-bond donors (Lipinski definition) is 0. The summed E-state index contributed by atoms with van der Waals surface area (Å²) >= 11 is 0. The third-order valence-electron chi connectivity index (χ3n) is 2.93. The number of ether oxygens (including phenoxy) is 1. The zero-order chi connectivity index (χ0) is 16.8. The van der Waals surface area contributed by atoms with Crippen LogP contribution in [0.1, 0.15) is 23.0 Å². The van der Waals surface area contributed by atoms with Crippen LogP contribution in [0.25, 0.3) is 17.4 Å². The van der Waals surface area contributed by atoms with Crippen LogP contribution < -0.4 is 5.11 Å². The molecule has 0 aliphatic carbocycles. The summed E-state index contributed by atoms with van der Waals surface area (Å²) in [5.74, 6) is -1.19. The number of carbonyl (C=O) groups is 2. The maximum Gasteiger partial charge on any atom is 0.349 e. The van der Waals surface area contributed by atoms with Gasteiger partial charge >= 0.3 is 5.97 Å². The van der Waals surface area contributed by atoms with Gasteiger partial charge in [0.25, 0.3) is 0 Å². The lowest BCUT2D eigenvalue weighted by Gasteiger charge is -2.02. The number of carboxylic acids is 1. The highest BCUT2D eigenvalue weighted by Crippen LogP contribution is 2.24. The van der Waals surface area contributed by atoms with E-state index < -0.39 is 11.9 Å². The first-order chi connectivity index (χ1) is 11.0. The molecule has 1 aromatic carbocycles. The minimum Gasteiger partial charge on any atom is -0.545 e. The number of nitrogens with zero attached hydrogens (tertiary/aromatic N) is 1. The van der Waals surface area contributed by atoms with E-state index in [-0.39, 0.29) is 17.7 Å². The van der Waals surface area contributed by atoms with Crippen molar-refractivity contribution >= 4 is 18.0 Å². The Balaban J connectivity index is 2.25. The van der Waals surface area contributed by atoms with Crippen LogP contribution in [0.2, 0.25) is 0 Å². The Labute approximate surface area is 132 Å². The fourth-order valence-corrected chi connectivity index (χ4v) is 1.84. The third kappa shape index (κ3) is 3.86. The molecule has 0 atom stereocenters. The number of furan rings is 1. The minimum atomic E-state index is -1.26. The number of aromatic carboxylic acids is 1. The molecule has 6 heteroatoms. The Morgan fingerprint density at radius 3 is 2.52 bits per heavy atom. The summed E-state index contributed by atoms with van der Waals surface area (Å²) in [6.45, 7) is 1.82. The van der Waals surface area contributed by atoms with E-state index >= 15 is 0 Å². The van der Waals surface area contributed by atoms with Gasteiger partial charge in [0.15, 0.2) is 0 Å². The molecule has 0 amide bonds. The lowest BCUT2D eigenvalue weighted by molar-refractivity contribution is -0.255. The van der Waals surface area contributed by atoms with Crippen molar-refractivity contribution in [2.75, 3.05) is 6.61 Å². The van der Waals surface area contributed by atoms with Crippen molar-refractivity contribution in [2.45, 2.75) is 6.92 Å². The Morgan fingerprint density at radius 2 is 1.96 bits per heavy atom. The number of carbonyl (C=O) groups excluding carboxylic acids is 2. The number of esters is 1. The van der Waals surface area contributed by atoms with Crippen molar-refractivity contribution < 1.29 is 23.8 Å². The molecule has 0 saturated heterocycles. The summed E-state index contributed by atoms with van der Waals surface area (Å²) in [4.78, 5) is 22.2. The molecule has 0 radical (unpaired) electrons. The molecule has 0 spiro atoms. The average Bonchev–Trinajstić information content (AvgIpc) is 3.01. The second-order valence-electron chi connectivity index (χ2n) is 4.46. The molecule has 0 N–H and O–H groups in total. The standard InChI is InChI=1S/C17H13NO5/c1-2-22-17(21)13(10-18)9-14-7-8-15(23-14)11-3-5-12(6-4-11)16(19)20/h3-9H,2H2,1H3,(H,19,20)/p-1. The minimum absolute atomic E-state index is 0.0644. The number of carboxylic acid groups (broad SMARTS) is 1. The monoisotopic (exact) mass is 310 g/mol. The SMILES string of the molecule is CCOC(=O)C(C#N)=Cc1ccc(-c2ccc(C(=O)[O-])cc2)o1. The van der Waals surface area contributed by atoms with Crippen LogP contribution in [0.3, 0.4) is 0 Å². The van der Waals surface area contributed by atoms with E-state index in [1.165, 1.54) is 18.2 Å². The molecule has 0 bridgehead atoms.